The van der Waals surface area contributed by atoms with E-state index in [9.17, 15) is 15.0 Å². The molecule has 0 spiro atoms. The van der Waals surface area contributed by atoms with Crippen molar-refractivity contribution in [2.45, 2.75) is 97.2 Å². The van der Waals surface area contributed by atoms with Crippen molar-refractivity contribution in [1.29, 1.82) is 0 Å². The molecule has 2 N–H and O–H groups in total. The van der Waals surface area contributed by atoms with Gasteiger partial charge >= 0.3 is 5.97 Å². The minimum absolute atomic E-state index is 0.109. The molecule has 0 unspecified atom stereocenters. The van der Waals surface area contributed by atoms with Gasteiger partial charge in [-0.25, -0.2) is 0 Å². The number of methoxy groups -OCH3 is 1. The van der Waals surface area contributed by atoms with E-state index in [1.807, 2.05) is 0 Å². The van der Waals surface area contributed by atoms with Gasteiger partial charge in [-0.15, -0.1) is 0 Å². The third kappa shape index (κ3) is 3.28. The fourth-order valence-corrected chi connectivity index (χ4v) is 8.94. The Morgan fingerprint density at radius 1 is 0.966 bits per heavy atom. The first kappa shape index (κ1) is 21.6. The molecule has 166 valence electrons. The van der Waals surface area contributed by atoms with Crippen LogP contribution >= 0.6 is 0 Å². The average Bonchev–Trinajstić information content (AvgIpc) is 3.06. The normalized spacial score (nSPS) is 50.2. The second-order valence-electron chi connectivity index (χ2n) is 11.5. The number of hydrogen-bond donors (Lipinski definition) is 2. The van der Waals surface area contributed by atoms with Gasteiger partial charge in [0.15, 0.2) is 0 Å². The molecule has 4 aliphatic carbocycles. The van der Waals surface area contributed by atoms with Crippen LogP contribution in [0.2, 0.25) is 0 Å². The van der Waals surface area contributed by atoms with Gasteiger partial charge in [0.1, 0.15) is 0 Å². The predicted octanol–water partition coefficient (Wildman–Crippen LogP) is 4.57. The molecule has 0 aliphatic heterocycles. The molecule has 0 radical (unpaired) electrons. The van der Waals surface area contributed by atoms with Crippen LogP contribution in [0.1, 0.15) is 85.0 Å². The van der Waals surface area contributed by atoms with Crippen LogP contribution in [0.25, 0.3) is 0 Å². The predicted molar refractivity (Wildman–Crippen MR) is 113 cm³/mol. The van der Waals surface area contributed by atoms with Gasteiger partial charge in [0.2, 0.25) is 0 Å². The van der Waals surface area contributed by atoms with Crippen LogP contribution in [0.15, 0.2) is 0 Å². The van der Waals surface area contributed by atoms with E-state index in [4.69, 9.17) is 4.74 Å². The summed E-state index contributed by atoms with van der Waals surface area (Å²) in [5.41, 5.74) is 0.409. The van der Waals surface area contributed by atoms with Crippen LogP contribution in [-0.4, -0.2) is 35.5 Å². The summed E-state index contributed by atoms with van der Waals surface area (Å²) >= 11 is 0. The Kier molecular flexibility index (Phi) is 5.83. The average molecular weight is 407 g/mol. The second kappa shape index (κ2) is 7.82. The van der Waals surface area contributed by atoms with Crippen molar-refractivity contribution in [1.82, 2.24) is 0 Å². The number of aliphatic hydroxyl groups excluding tert-OH is 2. The standard InChI is InChI=1S/C25H42O4/c1-15(8-11-20(26)29-4)16-9-10-17-21-18(12-14-25(16,17)3)24(2)13-6-5-7-19(24)22(27)23(21)28/h15-19,21-23,27-28H,5-14H2,1-4H3/t15-,16+,17+,18-,19-,21+,22-,23+,24+,25+/m0/s1. The van der Waals surface area contributed by atoms with Crippen LogP contribution in [0.5, 0.6) is 0 Å². The molecular weight excluding hydrogens is 364 g/mol. The number of carbonyl (C=O) groups is 1. The van der Waals surface area contributed by atoms with Gasteiger partial charge in [0.25, 0.3) is 0 Å². The van der Waals surface area contributed by atoms with Crippen molar-refractivity contribution in [2.75, 3.05) is 7.11 Å². The first-order valence-corrected chi connectivity index (χ1v) is 12.2. The van der Waals surface area contributed by atoms with Crippen molar-refractivity contribution in [3.8, 4) is 0 Å². The molecule has 4 aliphatic rings. The van der Waals surface area contributed by atoms with E-state index in [1.54, 1.807) is 0 Å². The lowest BCUT2D eigenvalue weighted by Gasteiger charge is -2.63. The molecule has 0 amide bonds. The minimum Gasteiger partial charge on any atom is -0.469 e. The van der Waals surface area contributed by atoms with Crippen molar-refractivity contribution in [2.24, 2.45) is 46.3 Å². The molecule has 0 aromatic heterocycles. The Bertz CT molecular complexity index is 620. The highest BCUT2D eigenvalue weighted by atomic mass is 16.5. The van der Waals surface area contributed by atoms with E-state index >= 15 is 0 Å². The van der Waals surface area contributed by atoms with E-state index in [0.717, 1.165) is 19.3 Å². The molecule has 0 saturated heterocycles. The first-order chi connectivity index (χ1) is 13.7. The third-order valence-corrected chi connectivity index (χ3v) is 10.5. The largest absolute Gasteiger partial charge is 0.469 e. The summed E-state index contributed by atoms with van der Waals surface area (Å²) in [4.78, 5) is 11.6. The molecule has 4 rings (SSSR count). The molecule has 0 heterocycles. The monoisotopic (exact) mass is 406 g/mol. The number of aliphatic hydroxyl groups is 2. The number of hydrogen-bond acceptors (Lipinski definition) is 4. The molecule has 10 atom stereocenters. The molecule has 4 fully saturated rings. The zero-order valence-corrected chi connectivity index (χ0v) is 18.9. The molecular formula is C25H42O4. The van der Waals surface area contributed by atoms with Crippen LogP contribution < -0.4 is 0 Å². The summed E-state index contributed by atoms with van der Waals surface area (Å²) in [5.74, 6) is 2.53. The highest BCUT2D eigenvalue weighted by Gasteiger charge is 2.64. The number of rotatable bonds is 4. The molecule has 0 aromatic carbocycles. The number of fused-ring (bicyclic) bond motifs is 5. The summed E-state index contributed by atoms with van der Waals surface area (Å²) in [5, 5.41) is 22.4. The van der Waals surface area contributed by atoms with Gasteiger partial charge in [-0.1, -0.05) is 33.6 Å². The van der Waals surface area contributed by atoms with Gasteiger partial charge in [-0.05, 0) is 91.3 Å². The molecule has 0 aromatic rings. The summed E-state index contributed by atoms with van der Waals surface area (Å²) in [7, 11) is 1.47. The van der Waals surface area contributed by atoms with E-state index in [1.165, 1.54) is 45.6 Å². The van der Waals surface area contributed by atoms with Crippen LogP contribution in [-0.2, 0) is 9.53 Å². The zero-order chi connectivity index (χ0) is 21.0. The Morgan fingerprint density at radius 3 is 2.41 bits per heavy atom. The fraction of sp³-hybridized carbons (Fsp3) is 0.960. The number of carbonyl (C=O) groups excluding carboxylic acids is 1. The molecule has 29 heavy (non-hydrogen) atoms. The van der Waals surface area contributed by atoms with E-state index < -0.39 is 12.2 Å². The smallest absolute Gasteiger partial charge is 0.305 e. The molecule has 4 heteroatoms. The molecule has 4 nitrogen and oxygen atoms in total. The third-order valence-electron chi connectivity index (χ3n) is 10.5. The summed E-state index contributed by atoms with van der Waals surface area (Å²) in [6, 6.07) is 0. The topological polar surface area (TPSA) is 66.8 Å². The van der Waals surface area contributed by atoms with Crippen molar-refractivity contribution < 1.29 is 19.7 Å². The van der Waals surface area contributed by atoms with Gasteiger partial charge in [0, 0.05) is 6.42 Å². The Balaban J connectivity index is 1.56. The van der Waals surface area contributed by atoms with E-state index in [0.29, 0.717) is 30.1 Å². The second-order valence-corrected chi connectivity index (χ2v) is 11.5. The lowest BCUT2D eigenvalue weighted by atomic mass is 9.43. The maximum absolute atomic E-state index is 11.6. The highest BCUT2D eigenvalue weighted by molar-refractivity contribution is 5.69. The van der Waals surface area contributed by atoms with Crippen molar-refractivity contribution >= 4 is 5.97 Å². The molecule has 4 saturated carbocycles. The van der Waals surface area contributed by atoms with Gasteiger partial charge in [-0.2, -0.15) is 0 Å². The number of ether oxygens (including phenoxy) is 1. The lowest BCUT2D eigenvalue weighted by molar-refractivity contribution is -0.215. The minimum atomic E-state index is -0.565. The van der Waals surface area contributed by atoms with Crippen molar-refractivity contribution in [3.05, 3.63) is 0 Å². The van der Waals surface area contributed by atoms with Gasteiger partial charge < -0.3 is 14.9 Å². The summed E-state index contributed by atoms with van der Waals surface area (Å²) < 4.78 is 4.85. The van der Waals surface area contributed by atoms with E-state index in [-0.39, 0.29) is 28.6 Å². The number of esters is 1. The lowest BCUT2D eigenvalue weighted by Crippen LogP contribution is -2.63. The summed E-state index contributed by atoms with van der Waals surface area (Å²) in [6.45, 7) is 7.18. The Morgan fingerprint density at radius 2 is 1.69 bits per heavy atom. The highest BCUT2D eigenvalue weighted by Crippen LogP contribution is 2.68. The SMILES string of the molecule is COC(=O)CC[C@H](C)[C@H]1CC[C@@H]2[C@H]3[C@@H](O)[C@@H](O)[C@@H]4CCCC[C@]4(C)[C@H]3CC[C@@]21C. The maximum atomic E-state index is 11.6. The Labute approximate surface area is 176 Å². The van der Waals surface area contributed by atoms with Gasteiger partial charge in [-0.3, -0.25) is 4.79 Å². The van der Waals surface area contributed by atoms with Crippen LogP contribution in [0.4, 0.5) is 0 Å². The van der Waals surface area contributed by atoms with Crippen LogP contribution in [0.3, 0.4) is 0 Å². The zero-order valence-electron chi connectivity index (χ0n) is 18.9. The van der Waals surface area contributed by atoms with Gasteiger partial charge in [0.05, 0.1) is 19.3 Å². The van der Waals surface area contributed by atoms with Crippen molar-refractivity contribution in [3.63, 3.8) is 0 Å². The molecule has 0 bridgehead atoms. The van der Waals surface area contributed by atoms with E-state index in [2.05, 4.69) is 20.8 Å². The first-order valence-electron chi connectivity index (χ1n) is 12.2. The fourth-order valence-electron chi connectivity index (χ4n) is 8.94. The maximum Gasteiger partial charge on any atom is 0.305 e. The Hall–Kier alpha value is -0.610. The quantitative estimate of drug-likeness (QED) is 0.671. The van der Waals surface area contributed by atoms with Crippen LogP contribution in [0, 0.1) is 46.3 Å². The summed E-state index contributed by atoms with van der Waals surface area (Å²) in [6.07, 6.45) is 9.80.